The monoisotopic (exact) mass is 191 g/mol. The average molecular weight is 191 g/mol. The van der Waals surface area contributed by atoms with Crippen molar-refractivity contribution in [2.45, 2.75) is 11.4 Å². The van der Waals surface area contributed by atoms with E-state index in [0.717, 1.165) is 0 Å². The van der Waals surface area contributed by atoms with E-state index in [0.29, 0.717) is 4.32 Å². The molecule has 6 heteroatoms. The summed E-state index contributed by atoms with van der Waals surface area (Å²) in [5, 5.41) is -0.396. The van der Waals surface area contributed by atoms with Crippen LogP contribution in [-0.4, -0.2) is 33.6 Å². The van der Waals surface area contributed by atoms with Crippen LogP contribution in [0.25, 0.3) is 0 Å². The zero-order valence-corrected chi connectivity index (χ0v) is 7.61. The Bertz CT molecular complexity index is 208. The molecule has 1 fully saturated rings. The predicted molar refractivity (Wildman–Crippen MR) is 48.9 cm³/mol. The number of nitrogens with two attached hydrogens (primary N) is 2. The number of hydrogen-bond acceptors (Lipinski definition) is 4. The van der Waals surface area contributed by atoms with E-state index in [-0.39, 0.29) is 6.17 Å². The lowest BCUT2D eigenvalue weighted by molar-refractivity contribution is -0.118. The molecule has 4 N–H and O–H groups in total. The van der Waals surface area contributed by atoms with Gasteiger partial charge in [-0.3, -0.25) is 4.79 Å². The molecule has 0 spiro atoms. The van der Waals surface area contributed by atoms with E-state index < -0.39 is 11.2 Å². The summed E-state index contributed by atoms with van der Waals surface area (Å²) >= 11 is 6.16. The molecular formula is C5H9N3OS2. The highest BCUT2D eigenvalue weighted by Crippen LogP contribution is 2.27. The van der Waals surface area contributed by atoms with Crippen molar-refractivity contribution in [2.24, 2.45) is 11.5 Å². The van der Waals surface area contributed by atoms with Gasteiger partial charge in [0.15, 0.2) is 0 Å². The fraction of sp³-hybridized carbons (Fsp3) is 0.600. The zero-order chi connectivity index (χ0) is 8.59. The third-order valence-electron chi connectivity index (χ3n) is 1.55. The Kier molecular flexibility index (Phi) is 2.36. The molecule has 1 amide bonds. The molecule has 1 aliphatic rings. The number of primary amides is 1. The molecule has 4 nitrogen and oxygen atoms in total. The summed E-state index contributed by atoms with van der Waals surface area (Å²) in [6, 6.07) is 0. The summed E-state index contributed by atoms with van der Waals surface area (Å²) in [7, 11) is 1.75. The largest absolute Gasteiger partial charge is 0.369 e. The molecule has 0 aromatic carbocycles. The molecule has 1 rings (SSSR count). The Hall–Kier alpha value is -0.330. The maximum Gasteiger partial charge on any atom is 0.234 e. The van der Waals surface area contributed by atoms with Gasteiger partial charge in [0.1, 0.15) is 9.57 Å². The summed E-state index contributed by atoms with van der Waals surface area (Å²) in [6.45, 7) is 0. The second-order valence-electron chi connectivity index (χ2n) is 2.31. The zero-order valence-electron chi connectivity index (χ0n) is 5.98. The summed E-state index contributed by atoms with van der Waals surface area (Å²) in [4.78, 5) is 12.4. The number of carbonyl (C=O) groups is 1. The highest BCUT2D eigenvalue weighted by atomic mass is 32.2. The van der Waals surface area contributed by atoms with Crippen LogP contribution in [0.2, 0.25) is 0 Å². The average Bonchev–Trinajstić information content (AvgIpc) is 2.17. The van der Waals surface area contributed by atoms with E-state index in [1.807, 2.05) is 0 Å². The molecule has 2 atom stereocenters. The molecule has 1 aliphatic heterocycles. The summed E-state index contributed by atoms with van der Waals surface area (Å²) in [5.41, 5.74) is 10.7. The molecule has 0 bridgehead atoms. The molecule has 62 valence electrons. The van der Waals surface area contributed by atoms with Crippen LogP contribution in [0.4, 0.5) is 0 Å². The first-order valence-electron chi connectivity index (χ1n) is 3.02. The first-order valence-corrected chi connectivity index (χ1v) is 4.31. The molecule has 0 radical (unpaired) electrons. The number of hydrogen-bond donors (Lipinski definition) is 2. The first kappa shape index (κ1) is 8.76. The van der Waals surface area contributed by atoms with Gasteiger partial charge in [-0.25, -0.2) is 0 Å². The maximum absolute atomic E-state index is 10.7. The lowest BCUT2D eigenvalue weighted by Crippen LogP contribution is -2.46. The van der Waals surface area contributed by atoms with Crippen LogP contribution in [0.3, 0.4) is 0 Å². The topological polar surface area (TPSA) is 72.3 Å². The molecule has 0 saturated carbocycles. The summed E-state index contributed by atoms with van der Waals surface area (Å²) < 4.78 is 0.626. The first-order chi connectivity index (χ1) is 5.04. The van der Waals surface area contributed by atoms with Crippen molar-refractivity contribution in [2.75, 3.05) is 7.05 Å². The molecular weight excluding hydrogens is 182 g/mol. The molecule has 1 heterocycles. The Morgan fingerprint density at radius 1 is 1.82 bits per heavy atom. The van der Waals surface area contributed by atoms with Gasteiger partial charge in [0.2, 0.25) is 5.91 Å². The van der Waals surface area contributed by atoms with E-state index >= 15 is 0 Å². The highest BCUT2D eigenvalue weighted by molar-refractivity contribution is 8.24. The second-order valence-corrected chi connectivity index (χ2v) is 4.08. The van der Waals surface area contributed by atoms with Crippen molar-refractivity contribution in [1.29, 1.82) is 0 Å². The minimum absolute atomic E-state index is 0.370. The van der Waals surface area contributed by atoms with Crippen LogP contribution in [0.15, 0.2) is 0 Å². The van der Waals surface area contributed by atoms with E-state index in [2.05, 4.69) is 0 Å². The van der Waals surface area contributed by atoms with Crippen LogP contribution in [0.1, 0.15) is 0 Å². The SMILES string of the molecule is CN1C(=S)SC(C(N)=O)C1N. The second kappa shape index (κ2) is 2.96. The van der Waals surface area contributed by atoms with Crippen LogP contribution in [0.5, 0.6) is 0 Å². The number of thiocarbonyl (C=S) groups is 1. The van der Waals surface area contributed by atoms with Crippen molar-refractivity contribution in [1.82, 2.24) is 4.90 Å². The van der Waals surface area contributed by atoms with Crippen molar-refractivity contribution in [3.05, 3.63) is 0 Å². The van der Waals surface area contributed by atoms with Gasteiger partial charge in [-0.1, -0.05) is 24.0 Å². The lowest BCUT2D eigenvalue weighted by atomic mass is 10.3. The van der Waals surface area contributed by atoms with E-state index in [1.54, 1.807) is 11.9 Å². The normalized spacial score (nSPS) is 31.1. The number of carbonyl (C=O) groups excluding carboxylic acids is 1. The number of amides is 1. The smallest absolute Gasteiger partial charge is 0.234 e. The number of thioether (sulfide) groups is 1. The van der Waals surface area contributed by atoms with Crippen LogP contribution in [0, 0.1) is 0 Å². The van der Waals surface area contributed by atoms with Gasteiger partial charge in [0.25, 0.3) is 0 Å². The standard InChI is InChI=1S/C5H9N3OS2/c1-8-3(6)2(4(7)9)11-5(8)10/h2-3H,6H2,1H3,(H2,7,9). The van der Waals surface area contributed by atoms with Gasteiger partial charge < -0.3 is 16.4 Å². The fourth-order valence-corrected chi connectivity index (χ4v) is 2.19. The van der Waals surface area contributed by atoms with Crippen molar-refractivity contribution >= 4 is 34.2 Å². The predicted octanol–water partition coefficient (Wildman–Crippen LogP) is -0.911. The van der Waals surface area contributed by atoms with Gasteiger partial charge in [-0.05, 0) is 0 Å². The third-order valence-corrected chi connectivity index (χ3v) is 3.38. The molecule has 11 heavy (non-hydrogen) atoms. The quantitative estimate of drug-likeness (QED) is 0.525. The van der Waals surface area contributed by atoms with E-state index in [4.69, 9.17) is 23.7 Å². The summed E-state index contributed by atoms with van der Waals surface area (Å²) in [5.74, 6) is -0.408. The van der Waals surface area contributed by atoms with Crippen LogP contribution >= 0.6 is 24.0 Å². The number of nitrogens with zero attached hydrogens (tertiary/aromatic N) is 1. The molecule has 0 aromatic rings. The van der Waals surface area contributed by atoms with Crippen LogP contribution < -0.4 is 11.5 Å². The van der Waals surface area contributed by atoms with Crippen molar-refractivity contribution in [3.63, 3.8) is 0 Å². The minimum atomic E-state index is -0.408. The highest BCUT2D eigenvalue weighted by Gasteiger charge is 2.36. The van der Waals surface area contributed by atoms with Crippen LogP contribution in [-0.2, 0) is 4.79 Å². The van der Waals surface area contributed by atoms with Gasteiger partial charge in [0.05, 0.1) is 6.17 Å². The Labute approximate surface area is 74.3 Å². The molecule has 0 aliphatic carbocycles. The molecule has 1 saturated heterocycles. The Balaban J connectivity index is 2.74. The number of rotatable bonds is 1. The molecule has 0 aromatic heterocycles. The van der Waals surface area contributed by atoms with Gasteiger partial charge in [-0.2, -0.15) is 0 Å². The third kappa shape index (κ3) is 1.47. The van der Waals surface area contributed by atoms with Crippen molar-refractivity contribution < 1.29 is 4.79 Å². The Morgan fingerprint density at radius 2 is 2.36 bits per heavy atom. The van der Waals surface area contributed by atoms with Gasteiger partial charge in [-0.15, -0.1) is 0 Å². The van der Waals surface area contributed by atoms with E-state index in [1.165, 1.54) is 11.8 Å². The maximum atomic E-state index is 10.7. The van der Waals surface area contributed by atoms with Crippen molar-refractivity contribution in [3.8, 4) is 0 Å². The minimum Gasteiger partial charge on any atom is -0.369 e. The van der Waals surface area contributed by atoms with Gasteiger partial charge >= 0.3 is 0 Å². The fourth-order valence-electron chi connectivity index (χ4n) is 0.813. The molecule has 2 unspecified atom stereocenters. The van der Waals surface area contributed by atoms with Gasteiger partial charge in [0, 0.05) is 7.05 Å². The summed E-state index contributed by atoms with van der Waals surface area (Å²) in [6.07, 6.45) is -0.370. The van der Waals surface area contributed by atoms with E-state index in [9.17, 15) is 4.79 Å². The lowest BCUT2D eigenvalue weighted by Gasteiger charge is -2.17. The Morgan fingerprint density at radius 3 is 2.55 bits per heavy atom.